The van der Waals surface area contributed by atoms with E-state index >= 15 is 0 Å². The fourth-order valence-corrected chi connectivity index (χ4v) is 2.40. The third-order valence-corrected chi connectivity index (χ3v) is 3.41. The number of aliphatic carboxylic acids is 1. The van der Waals surface area contributed by atoms with Crippen LogP contribution in [0.2, 0.25) is 0 Å². The molecule has 1 aromatic carbocycles. The Morgan fingerprint density at radius 2 is 2.11 bits per heavy atom. The van der Waals surface area contributed by atoms with Crippen molar-refractivity contribution in [2.24, 2.45) is 0 Å². The largest absolute Gasteiger partial charge is 0.478 e. The van der Waals surface area contributed by atoms with Crippen molar-refractivity contribution >= 4 is 12.0 Å². The summed E-state index contributed by atoms with van der Waals surface area (Å²) in [6, 6.07) is 7.81. The number of hydrogen-bond acceptors (Lipinski definition) is 2. The van der Waals surface area contributed by atoms with Gasteiger partial charge in [0.15, 0.2) is 0 Å². The lowest BCUT2D eigenvalue weighted by molar-refractivity contribution is -0.131. The molecular weight excluding hydrogens is 240 g/mol. The van der Waals surface area contributed by atoms with Crippen LogP contribution in [0.5, 0.6) is 0 Å². The number of carbonyl (C=O) groups is 1. The minimum Gasteiger partial charge on any atom is -0.478 e. The molecule has 0 saturated heterocycles. The first-order chi connectivity index (χ1) is 9.24. The fourth-order valence-electron chi connectivity index (χ4n) is 2.40. The lowest BCUT2D eigenvalue weighted by Gasteiger charge is -2.22. The highest BCUT2D eigenvalue weighted by Crippen LogP contribution is 2.21. The Kier molecular flexibility index (Phi) is 5.16. The smallest absolute Gasteiger partial charge is 0.328 e. The number of carboxylic acid groups (broad SMARTS) is 1. The van der Waals surface area contributed by atoms with Crippen LogP contribution in [-0.4, -0.2) is 17.2 Å². The molecule has 0 unspecified atom stereocenters. The highest BCUT2D eigenvalue weighted by Gasteiger charge is 2.13. The molecule has 0 aliphatic heterocycles. The van der Waals surface area contributed by atoms with Crippen LogP contribution < -0.4 is 0 Å². The van der Waals surface area contributed by atoms with Crippen molar-refractivity contribution in [3.05, 3.63) is 41.5 Å². The first-order valence-electron chi connectivity index (χ1n) is 6.85. The van der Waals surface area contributed by atoms with Gasteiger partial charge in [-0.2, -0.15) is 0 Å². The molecule has 0 bridgehead atoms. The Bertz CT molecular complexity index is 445. The first kappa shape index (κ1) is 13.8. The number of ether oxygens (including phenoxy) is 1. The van der Waals surface area contributed by atoms with Gasteiger partial charge in [-0.25, -0.2) is 4.79 Å². The molecule has 0 aromatic heterocycles. The molecule has 1 fully saturated rings. The molecule has 1 aliphatic rings. The van der Waals surface area contributed by atoms with Crippen LogP contribution in [0, 0.1) is 0 Å². The molecule has 1 aliphatic carbocycles. The van der Waals surface area contributed by atoms with Gasteiger partial charge in [0.1, 0.15) is 0 Å². The summed E-state index contributed by atoms with van der Waals surface area (Å²) in [5, 5.41) is 8.61. The molecule has 1 N–H and O–H groups in total. The maximum Gasteiger partial charge on any atom is 0.328 e. The van der Waals surface area contributed by atoms with Crippen LogP contribution in [0.1, 0.15) is 43.2 Å². The predicted molar refractivity (Wildman–Crippen MR) is 74.8 cm³/mol. The third-order valence-electron chi connectivity index (χ3n) is 3.41. The van der Waals surface area contributed by atoms with Crippen LogP contribution in [-0.2, 0) is 16.1 Å². The van der Waals surface area contributed by atoms with E-state index in [0.717, 1.165) is 17.2 Å². The number of benzene rings is 1. The van der Waals surface area contributed by atoms with E-state index in [4.69, 9.17) is 9.84 Å². The van der Waals surface area contributed by atoms with Gasteiger partial charge in [0.25, 0.3) is 0 Å². The summed E-state index contributed by atoms with van der Waals surface area (Å²) in [7, 11) is 0. The Morgan fingerprint density at radius 3 is 2.84 bits per heavy atom. The van der Waals surface area contributed by atoms with Crippen LogP contribution in [0.25, 0.3) is 6.08 Å². The maximum absolute atomic E-state index is 10.5. The van der Waals surface area contributed by atoms with Crippen LogP contribution in [0.3, 0.4) is 0 Å². The lowest BCUT2D eigenvalue weighted by atomic mass is 9.98. The summed E-state index contributed by atoms with van der Waals surface area (Å²) in [6.45, 7) is 0.611. The molecule has 0 spiro atoms. The second-order valence-electron chi connectivity index (χ2n) is 4.99. The molecular formula is C16H20O3. The van der Waals surface area contributed by atoms with Crippen molar-refractivity contribution in [2.75, 3.05) is 0 Å². The van der Waals surface area contributed by atoms with Crippen LogP contribution in [0.4, 0.5) is 0 Å². The summed E-state index contributed by atoms with van der Waals surface area (Å²) in [6.07, 6.45) is 9.35. The summed E-state index contributed by atoms with van der Waals surface area (Å²) in [5.74, 6) is -0.927. The normalized spacial score (nSPS) is 16.8. The van der Waals surface area contributed by atoms with E-state index in [2.05, 4.69) is 0 Å². The van der Waals surface area contributed by atoms with Gasteiger partial charge in [-0.15, -0.1) is 0 Å². The molecule has 3 nitrogen and oxygen atoms in total. The van der Waals surface area contributed by atoms with Crippen molar-refractivity contribution in [1.82, 2.24) is 0 Å². The monoisotopic (exact) mass is 260 g/mol. The molecule has 102 valence electrons. The van der Waals surface area contributed by atoms with E-state index in [-0.39, 0.29) is 0 Å². The zero-order valence-corrected chi connectivity index (χ0v) is 11.0. The van der Waals surface area contributed by atoms with Gasteiger partial charge in [0.05, 0.1) is 12.7 Å². The van der Waals surface area contributed by atoms with Crippen molar-refractivity contribution in [1.29, 1.82) is 0 Å². The van der Waals surface area contributed by atoms with E-state index in [1.54, 1.807) is 6.08 Å². The SMILES string of the molecule is O=C(O)C=Cc1cccc(COC2CCCCC2)c1. The number of carboxylic acids is 1. The fraction of sp³-hybridized carbons (Fsp3) is 0.438. The Balaban J connectivity index is 1.89. The lowest BCUT2D eigenvalue weighted by Crippen LogP contribution is -2.16. The summed E-state index contributed by atoms with van der Waals surface area (Å²) >= 11 is 0. The summed E-state index contributed by atoms with van der Waals surface area (Å²) in [5.41, 5.74) is 1.99. The van der Waals surface area contributed by atoms with E-state index < -0.39 is 5.97 Å². The Hall–Kier alpha value is -1.61. The number of hydrogen-bond donors (Lipinski definition) is 1. The molecule has 0 amide bonds. The van der Waals surface area contributed by atoms with Gasteiger partial charge < -0.3 is 9.84 Å². The zero-order valence-electron chi connectivity index (χ0n) is 11.0. The quantitative estimate of drug-likeness (QED) is 0.822. The van der Waals surface area contributed by atoms with E-state index in [9.17, 15) is 4.79 Å². The van der Waals surface area contributed by atoms with Crippen molar-refractivity contribution in [3.8, 4) is 0 Å². The van der Waals surface area contributed by atoms with Gasteiger partial charge >= 0.3 is 5.97 Å². The molecule has 0 heterocycles. The average molecular weight is 260 g/mol. The van der Waals surface area contributed by atoms with E-state index in [1.165, 1.54) is 32.1 Å². The van der Waals surface area contributed by atoms with E-state index in [1.807, 2.05) is 24.3 Å². The van der Waals surface area contributed by atoms with Gasteiger partial charge in [-0.05, 0) is 36.1 Å². The summed E-state index contributed by atoms with van der Waals surface area (Å²) < 4.78 is 5.91. The third kappa shape index (κ3) is 4.87. The number of rotatable bonds is 5. The van der Waals surface area contributed by atoms with Crippen LogP contribution >= 0.6 is 0 Å². The second-order valence-corrected chi connectivity index (χ2v) is 4.99. The Morgan fingerprint density at radius 1 is 1.32 bits per heavy atom. The molecule has 0 radical (unpaired) electrons. The molecule has 1 aromatic rings. The van der Waals surface area contributed by atoms with E-state index in [0.29, 0.717) is 12.7 Å². The summed E-state index contributed by atoms with van der Waals surface area (Å²) in [4.78, 5) is 10.5. The topological polar surface area (TPSA) is 46.5 Å². The van der Waals surface area contributed by atoms with Crippen LogP contribution in [0.15, 0.2) is 30.3 Å². The standard InChI is InChI=1S/C16H20O3/c17-16(18)10-9-13-5-4-6-14(11-13)12-19-15-7-2-1-3-8-15/h4-6,9-11,15H,1-3,7-8,12H2,(H,17,18). The molecule has 2 rings (SSSR count). The Labute approximate surface area is 113 Å². The highest BCUT2D eigenvalue weighted by molar-refractivity contribution is 5.85. The predicted octanol–water partition coefficient (Wildman–Crippen LogP) is 3.63. The molecule has 0 atom stereocenters. The first-order valence-corrected chi connectivity index (χ1v) is 6.85. The zero-order chi connectivity index (χ0) is 13.5. The minimum atomic E-state index is -0.927. The minimum absolute atomic E-state index is 0.395. The highest BCUT2D eigenvalue weighted by atomic mass is 16.5. The molecule has 19 heavy (non-hydrogen) atoms. The average Bonchev–Trinajstić information content (AvgIpc) is 2.44. The van der Waals surface area contributed by atoms with Gasteiger partial charge in [-0.1, -0.05) is 37.5 Å². The van der Waals surface area contributed by atoms with Gasteiger partial charge in [-0.3, -0.25) is 0 Å². The van der Waals surface area contributed by atoms with Crippen molar-refractivity contribution in [2.45, 2.75) is 44.8 Å². The maximum atomic E-state index is 10.5. The van der Waals surface area contributed by atoms with Crippen molar-refractivity contribution < 1.29 is 14.6 Å². The second kappa shape index (κ2) is 7.10. The van der Waals surface area contributed by atoms with Gasteiger partial charge in [0, 0.05) is 6.08 Å². The van der Waals surface area contributed by atoms with Gasteiger partial charge in [0.2, 0.25) is 0 Å². The molecule has 3 heteroatoms. The molecule has 1 saturated carbocycles. The van der Waals surface area contributed by atoms with Crippen molar-refractivity contribution in [3.63, 3.8) is 0 Å².